The van der Waals surface area contributed by atoms with E-state index in [0.717, 1.165) is 4.90 Å². The predicted molar refractivity (Wildman–Crippen MR) is 103 cm³/mol. The Morgan fingerprint density at radius 3 is 1.82 bits per heavy atom. The number of amides is 2. The first-order chi connectivity index (χ1) is 13.6. The molecule has 0 bridgehead atoms. The zero-order valence-corrected chi connectivity index (χ0v) is 14.9. The Kier molecular flexibility index (Phi) is 4.72. The molecule has 2 amide bonds. The van der Waals surface area contributed by atoms with Crippen molar-refractivity contribution in [2.45, 2.75) is 12.5 Å². The van der Waals surface area contributed by atoms with Crippen LogP contribution in [0, 0.1) is 0 Å². The van der Waals surface area contributed by atoms with E-state index in [9.17, 15) is 14.4 Å². The molecule has 5 nitrogen and oxygen atoms in total. The molecule has 3 aromatic carbocycles. The van der Waals surface area contributed by atoms with Crippen molar-refractivity contribution in [3.63, 3.8) is 0 Å². The van der Waals surface area contributed by atoms with E-state index in [0.29, 0.717) is 22.4 Å². The molecule has 1 aliphatic rings. The number of carbonyl (C=O) groups excluding carboxylic acids is 3. The van der Waals surface area contributed by atoms with Gasteiger partial charge in [0, 0.05) is 0 Å². The van der Waals surface area contributed by atoms with Gasteiger partial charge in [0.15, 0.2) is 0 Å². The van der Waals surface area contributed by atoms with Crippen molar-refractivity contribution >= 4 is 17.8 Å². The Labute approximate surface area is 162 Å². The van der Waals surface area contributed by atoms with Crippen LogP contribution in [0.2, 0.25) is 0 Å². The van der Waals surface area contributed by atoms with Crippen LogP contribution in [0.25, 0.3) is 0 Å². The van der Waals surface area contributed by atoms with E-state index in [2.05, 4.69) is 0 Å². The molecule has 1 atom stereocenters. The van der Waals surface area contributed by atoms with E-state index in [1.807, 2.05) is 24.3 Å². The summed E-state index contributed by atoms with van der Waals surface area (Å²) in [7, 11) is 0. The van der Waals surface area contributed by atoms with E-state index in [1.165, 1.54) is 0 Å². The number of hydrogen-bond donors (Lipinski definition) is 0. The molecule has 0 fully saturated rings. The number of para-hydroxylation sites is 1. The number of imide groups is 1. The Bertz CT molecular complexity index is 996. The highest BCUT2D eigenvalue weighted by Crippen LogP contribution is 2.33. The molecule has 0 spiro atoms. The van der Waals surface area contributed by atoms with Gasteiger partial charge in [-0.2, -0.15) is 0 Å². The quantitative estimate of drug-likeness (QED) is 0.386. The number of nitrogens with zero attached hydrogens (tertiary/aromatic N) is 1. The summed E-state index contributed by atoms with van der Waals surface area (Å²) in [5.74, 6) is -0.901. The van der Waals surface area contributed by atoms with E-state index in [4.69, 9.17) is 4.74 Å². The standard InChI is InChI=1S/C23H17NO4/c25-21(28-17-11-5-2-6-12-17)15-20(16-9-3-1-4-10-16)24-22(26)18-13-7-8-14-19(18)23(24)27/h1-14,20H,15H2. The van der Waals surface area contributed by atoms with Crippen LogP contribution in [0.3, 0.4) is 0 Å². The topological polar surface area (TPSA) is 63.7 Å². The van der Waals surface area contributed by atoms with E-state index in [-0.39, 0.29) is 6.42 Å². The molecule has 1 unspecified atom stereocenters. The number of hydrogen-bond acceptors (Lipinski definition) is 4. The smallest absolute Gasteiger partial charge is 0.313 e. The summed E-state index contributed by atoms with van der Waals surface area (Å²) in [6, 6.07) is 23.7. The SMILES string of the molecule is O=C(CC(c1ccccc1)N1C(=O)c2ccccc2C1=O)Oc1ccccc1. The Hall–Kier alpha value is -3.73. The van der Waals surface area contributed by atoms with Gasteiger partial charge in [-0.15, -0.1) is 0 Å². The maximum atomic E-state index is 12.9. The van der Waals surface area contributed by atoms with Crippen LogP contribution >= 0.6 is 0 Å². The summed E-state index contributed by atoms with van der Waals surface area (Å²) >= 11 is 0. The fraction of sp³-hybridized carbons (Fsp3) is 0.0870. The van der Waals surface area contributed by atoms with E-state index >= 15 is 0 Å². The monoisotopic (exact) mass is 371 g/mol. The second kappa shape index (κ2) is 7.48. The minimum atomic E-state index is -0.746. The number of fused-ring (bicyclic) bond motifs is 1. The lowest BCUT2D eigenvalue weighted by atomic mass is 10.0. The van der Waals surface area contributed by atoms with Crippen LogP contribution < -0.4 is 4.74 Å². The lowest BCUT2D eigenvalue weighted by molar-refractivity contribution is -0.135. The zero-order chi connectivity index (χ0) is 19.5. The van der Waals surface area contributed by atoms with Gasteiger partial charge in [0.05, 0.1) is 23.6 Å². The number of ether oxygens (including phenoxy) is 1. The van der Waals surface area contributed by atoms with Crippen molar-refractivity contribution < 1.29 is 19.1 Å². The van der Waals surface area contributed by atoms with Gasteiger partial charge in [0.2, 0.25) is 0 Å². The molecular weight excluding hydrogens is 354 g/mol. The molecule has 4 rings (SSSR count). The number of carbonyl (C=O) groups is 3. The summed E-state index contributed by atoms with van der Waals surface area (Å²) in [6.07, 6.45) is -0.135. The van der Waals surface area contributed by atoms with E-state index in [1.54, 1.807) is 60.7 Å². The van der Waals surface area contributed by atoms with Gasteiger partial charge in [-0.3, -0.25) is 19.3 Å². The van der Waals surface area contributed by atoms with Crippen LogP contribution in [0.15, 0.2) is 84.9 Å². The summed E-state index contributed by atoms with van der Waals surface area (Å²) in [5, 5.41) is 0. The second-order valence-corrected chi connectivity index (χ2v) is 6.44. The van der Waals surface area contributed by atoms with Crippen LogP contribution in [-0.2, 0) is 4.79 Å². The first-order valence-electron chi connectivity index (χ1n) is 8.93. The first-order valence-corrected chi connectivity index (χ1v) is 8.93. The van der Waals surface area contributed by atoms with Crippen LogP contribution in [-0.4, -0.2) is 22.7 Å². The van der Waals surface area contributed by atoms with Crippen molar-refractivity contribution in [3.8, 4) is 5.75 Å². The molecule has 0 radical (unpaired) electrons. The fourth-order valence-corrected chi connectivity index (χ4v) is 3.34. The average Bonchev–Trinajstić information content (AvgIpc) is 2.98. The minimum Gasteiger partial charge on any atom is -0.426 e. The summed E-state index contributed by atoms with van der Waals surface area (Å²) in [5.41, 5.74) is 1.40. The average molecular weight is 371 g/mol. The lowest BCUT2D eigenvalue weighted by Crippen LogP contribution is -2.36. The number of rotatable bonds is 5. The normalized spacial score (nSPS) is 13.9. The Morgan fingerprint density at radius 1 is 0.750 bits per heavy atom. The molecular formula is C23H17NO4. The maximum Gasteiger partial charge on any atom is 0.313 e. The molecule has 5 heteroatoms. The molecule has 138 valence electrons. The zero-order valence-electron chi connectivity index (χ0n) is 14.9. The van der Waals surface area contributed by atoms with E-state index < -0.39 is 23.8 Å². The van der Waals surface area contributed by atoms with Crippen LogP contribution in [0.5, 0.6) is 5.75 Å². The second-order valence-electron chi connectivity index (χ2n) is 6.44. The minimum absolute atomic E-state index is 0.135. The molecule has 0 aliphatic carbocycles. The molecule has 28 heavy (non-hydrogen) atoms. The first kappa shape index (κ1) is 17.7. The predicted octanol–water partition coefficient (Wildman–Crippen LogP) is 4.02. The highest BCUT2D eigenvalue weighted by molar-refractivity contribution is 6.21. The highest BCUT2D eigenvalue weighted by atomic mass is 16.5. The van der Waals surface area contributed by atoms with Gasteiger partial charge in [-0.25, -0.2) is 0 Å². The van der Waals surface area contributed by atoms with Gasteiger partial charge in [-0.1, -0.05) is 60.7 Å². The summed E-state index contributed by atoms with van der Waals surface area (Å²) in [4.78, 5) is 39.6. The molecule has 1 heterocycles. The summed E-state index contributed by atoms with van der Waals surface area (Å²) < 4.78 is 5.39. The van der Waals surface area contributed by atoms with Gasteiger partial charge >= 0.3 is 5.97 Å². The largest absolute Gasteiger partial charge is 0.426 e. The highest BCUT2D eigenvalue weighted by Gasteiger charge is 2.41. The third-order valence-corrected chi connectivity index (χ3v) is 4.66. The number of benzene rings is 3. The third-order valence-electron chi connectivity index (χ3n) is 4.66. The van der Waals surface area contributed by atoms with Crippen molar-refractivity contribution in [1.82, 2.24) is 4.90 Å². The van der Waals surface area contributed by atoms with Gasteiger partial charge in [-0.05, 0) is 29.8 Å². The Morgan fingerprint density at radius 2 is 1.25 bits per heavy atom. The van der Waals surface area contributed by atoms with Crippen molar-refractivity contribution in [3.05, 3.63) is 102 Å². The van der Waals surface area contributed by atoms with Crippen molar-refractivity contribution in [2.24, 2.45) is 0 Å². The van der Waals surface area contributed by atoms with Crippen LogP contribution in [0.4, 0.5) is 0 Å². The molecule has 3 aromatic rings. The number of esters is 1. The van der Waals surface area contributed by atoms with Gasteiger partial charge in [0.25, 0.3) is 11.8 Å². The van der Waals surface area contributed by atoms with Crippen LogP contribution in [0.1, 0.15) is 38.7 Å². The fourth-order valence-electron chi connectivity index (χ4n) is 3.34. The Balaban J connectivity index is 1.65. The third kappa shape index (κ3) is 3.30. The van der Waals surface area contributed by atoms with Gasteiger partial charge < -0.3 is 4.74 Å². The van der Waals surface area contributed by atoms with Crippen molar-refractivity contribution in [2.75, 3.05) is 0 Å². The molecule has 1 aliphatic heterocycles. The molecule has 0 saturated carbocycles. The van der Waals surface area contributed by atoms with Gasteiger partial charge in [0.1, 0.15) is 5.75 Å². The summed E-state index contributed by atoms with van der Waals surface area (Å²) in [6.45, 7) is 0. The molecule has 0 saturated heterocycles. The molecule has 0 aromatic heterocycles. The lowest BCUT2D eigenvalue weighted by Gasteiger charge is -2.26. The molecule has 0 N–H and O–H groups in total. The van der Waals surface area contributed by atoms with Crippen molar-refractivity contribution in [1.29, 1.82) is 0 Å². The maximum absolute atomic E-state index is 12.9.